The molecule has 0 bridgehead atoms. The van der Waals surface area contributed by atoms with Crippen LogP contribution >= 0.6 is 0 Å². The van der Waals surface area contributed by atoms with E-state index >= 15 is 0 Å². The van der Waals surface area contributed by atoms with E-state index in [4.69, 9.17) is 14.5 Å². The molecule has 4 heteroatoms. The number of hydrogen-bond donors (Lipinski definition) is 0. The highest BCUT2D eigenvalue weighted by molar-refractivity contribution is 5.70. The van der Waals surface area contributed by atoms with Crippen LogP contribution in [0, 0.1) is 0 Å². The van der Waals surface area contributed by atoms with E-state index in [0.29, 0.717) is 0 Å². The van der Waals surface area contributed by atoms with Crippen LogP contribution in [0.2, 0.25) is 0 Å². The van der Waals surface area contributed by atoms with E-state index in [1.165, 1.54) is 0 Å². The third-order valence-electron chi connectivity index (χ3n) is 4.51. The highest BCUT2D eigenvalue weighted by Crippen LogP contribution is 2.31. The fourth-order valence-corrected chi connectivity index (χ4v) is 3.10. The first-order chi connectivity index (χ1) is 13.3. The second-order valence-corrected chi connectivity index (χ2v) is 6.10. The van der Waals surface area contributed by atoms with Gasteiger partial charge >= 0.3 is 0 Å². The third kappa shape index (κ3) is 3.29. The van der Waals surface area contributed by atoms with Gasteiger partial charge in [0.1, 0.15) is 17.3 Å². The van der Waals surface area contributed by atoms with Crippen molar-refractivity contribution in [1.29, 1.82) is 0 Å². The maximum Gasteiger partial charge on any atom is 0.144 e. The molecule has 0 aliphatic carbocycles. The van der Waals surface area contributed by atoms with Crippen LogP contribution in [0.4, 0.5) is 0 Å². The van der Waals surface area contributed by atoms with Gasteiger partial charge < -0.3 is 9.47 Å². The molecule has 4 nitrogen and oxygen atoms in total. The summed E-state index contributed by atoms with van der Waals surface area (Å²) in [6.45, 7) is 0. The summed E-state index contributed by atoms with van der Waals surface area (Å²) in [5.41, 5.74) is 4.19. The van der Waals surface area contributed by atoms with Crippen LogP contribution in [0.1, 0.15) is 0 Å². The topological polar surface area (TPSA) is 36.3 Å². The Hall–Kier alpha value is -3.53. The zero-order chi connectivity index (χ0) is 18.6. The lowest BCUT2D eigenvalue weighted by Gasteiger charge is -2.13. The van der Waals surface area contributed by atoms with Gasteiger partial charge in [-0.1, -0.05) is 18.2 Å². The van der Waals surface area contributed by atoms with Crippen molar-refractivity contribution >= 4 is 0 Å². The molecule has 0 saturated carbocycles. The predicted molar refractivity (Wildman–Crippen MR) is 108 cm³/mol. The average Bonchev–Trinajstić information content (AvgIpc) is 3.19. The smallest absolute Gasteiger partial charge is 0.144 e. The molecule has 0 spiro atoms. The van der Waals surface area contributed by atoms with Crippen LogP contribution in [-0.2, 0) is 0 Å². The fourth-order valence-electron chi connectivity index (χ4n) is 3.10. The molecule has 0 saturated heterocycles. The molecular weight excluding hydrogens is 336 g/mol. The van der Waals surface area contributed by atoms with Gasteiger partial charge in [-0.05, 0) is 60.7 Å². The van der Waals surface area contributed by atoms with Gasteiger partial charge in [-0.15, -0.1) is 0 Å². The summed E-state index contributed by atoms with van der Waals surface area (Å²) in [5, 5.41) is 0. The van der Waals surface area contributed by atoms with Gasteiger partial charge in [0, 0.05) is 16.8 Å². The zero-order valence-electron chi connectivity index (χ0n) is 15.3. The molecule has 134 valence electrons. The molecule has 0 amide bonds. The lowest BCUT2D eigenvalue weighted by atomic mass is 10.1. The summed E-state index contributed by atoms with van der Waals surface area (Å²) in [4.78, 5) is 4.73. The van der Waals surface area contributed by atoms with Gasteiger partial charge in [0.2, 0.25) is 0 Å². The first-order valence-corrected chi connectivity index (χ1v) is 8.72. The second-order valence-electron chi connectivity index (χ2n) is 6.10. The Morgan fingerprint density at radius 3 is 1.78 bits per heavy atom. The zero-order valence-corrected chi connectivity index (χ0v) is 15.3. The number of para-hydroxylation sites is 1. The average molecular weight is 356 g/mol. The third-order valence-corrected chi connectivity index (χ3v) is 4.51. The van der Waals surface area contributed by atoms with Gasteiger partial charge in [-0.2, -0.15) is 0 Å². The highest BCUT2D eigenvalue weighted by Gasteiger charge is 2.15. The number of hydrogen-bond acceptors (Lipinski definition) is 3. The van der Waals surface area contributed by atoms with Crippen LogP contribution in [0.3, 0.4) is 0 Å². The molecule has 0 fully saturated rings. The number of ether oxygens (including phenoxy) is 2. The van der Waals surface area contributed by atoms with Crippen molar-refractivity contribution in [3.05, 3.63) is 85.1 Å². The molecule has 0 unspecified atom stereocenters. The van der Waals surface area contributed by atoms with Crippen molar-refractivity contribution in [2.24, 2.45) is 0 Å². The summed E-state index contributed by atoms with van der Waals surface area (Å²) in [5.74, 6) is 2.54. The second kappa shape index (κ2) is 7.38. The minimum atomic E-state index is 0.826. The largest absolute Gasteiger partial charge is 0.497 e. The Morgan fingerprint density at radius 1 is 0.667 bits per heavy atom. The van der Waals surface area contributed by atoms with Gasteiger partial charge in [0.25, 0.3) is 0 Å². The summed E-state index contributed by atoms with van der Waals surface area (Å²) < 4.78 is 12.7. The number of benzene rings is 3. The quantitative estimate of drug-likeness (QED) is 0.492. The molecule has 0 atom stereocenters. The Morgan fingerprint density at radius 2 is 1.22 bits per heavy atom. The van der Waals surface area contributed by atoms with E-state index in [1.807, 2.05) is 72.9 Å². The van der Waals surface area contributed by atoms with Crippen LogP contribution in [0.15, 0.2) is 85.1 Å². The number of aromatic nitrogens is 2. The van der Waals surface area contributed by atoms with Crippen LogP contribution in [0.5, 0.6) is 11.5 Å². The van der Waals surface area contributed by atoms with Crippen molar-refractivity contribution in [2.45, 2.75) is 0 Å². The number of imidazole rings is 1. The lowest BCUT2D eigenvalue weighted by Crippen LogP contribution is -2.00. The molecule has 0 radical (unpaired) electrons. The molecule has 0 N–H and O–H groups in total. The Bertz CT molecular complexity index is 955. The predicted octanol–water partition coefficient (Wildman–Crippen LogP) is 5.22. The minimum Gasteiger partial charge on any atom is -0.497 e. The van der Waals surface area contributed by atoms with E-state index in [1.54, 1.807) is 14.2 Å². The lowest BCUT2D eigenvalue weighted by molar-refractivity contribution is 0.415. The Kier molecular flexibility index (Phi) is 4.62. The van der Waals surface area contributed by atoms with Crippen molar-refractivity contribution in [3.8, 4) is 39.8 Å². The Labute approximate surface area is 158 Å². The standard InChI is InChI=1S/C23H20N2O2/c1-26-20-12-8-17(9-13-20)22-16-24-23(18-10-14-21(27-2)15-11-18)25(22)19-6-4-3-5-7-19/h3-16H,1-2H3. The van der Waals surface area contributed by atoms with Crippen molar-refractivity contribution in [2.75, 3.05) is 14.2 Å². The fraction of sp³-hybridized carbons (Fsp3) is 0.0870. The maximum absolute atomic E-state index is 5.28. The summed E-state index contributed by atoms with van der Waals surface area (Å²) in [7, 11) is 3.34. The summed E-state index contributed by atoms with van der Waals surface area (Å²) >= 11 is 0. The van der Waals surface area contributed by atoms with Crippen molar-refractivity contribution in [3.63, 3.8) is 0 Å². The molecule has 4 aromatic rings. The van der Waals surface area contributed by atoms with Gasteiger partial charge in [0.05, 0.1) is 26.1 Å². The summed E-state index contributed by atoms with van der Waals surface area (Å²) in [6, 6.07) is 26.2. The van der Waals surface area contributed by atoms with E-state index < -0.39 is 0 Å². The Balaban J connectivity index is 1.87. The monoisotopic (exact) mass is 356 g/mol. The van der Waals surface area contributed by atoms with Gasteiger partial charge in [-0.3, -0.25) is 4.57 Å². The molecule has 0 aliphatic rings. The van der Waals surface area contributed by atoms with Crippen LogP contribution in [-0.4, -0.2) is 23.8 Å². The molecule has 1 heterocycles. The molecule has 27 heavy (non-hydrogen) atoms. The van der Waals surface area contributed by atoms with Crippen LogP contribution in [0.25, 0.3) is 28.3 Å². The normalized spacial score (nSPS) is 10.6. The number of nitrogens with zero attached hydrogens (tertiary/aromatic N) is 2. The van der Waals surface area contributed by atoms with E-state index in [-0.39, 0.29) is 0 Å². The molecule has 0 aliphatic heterocycles. The first-order valence-electron chi connectivity index (χ1n) is 8.72. The minimum absolute atomic E-state index is 0.826. The van der Waals surface area contributed by atoms with E-state index in [9.17, 15) is 0 Å². The van der Waals surface area contributed by atoms with E-state index in [2.05, 4.69) is 16.7 Å². The van der Waals surface area contributed by atoms with Crippen molar-refractivity contribution < 1.29 is 9.47 Å². The van der Waals surface area contributed by atoms with Gasteiger partial charge in [-0.25, -0.2) is 4.98 Å². The SMILES string of the molecule is COc1ccc(-c2cnc(-c3ccc(OC)cc3)n2-c2ccccc2)cc1. The van der Waals surface area contributed by atoms with Crippen molar-refractivity contribution in [1.82, 2.24) is 9.55 Å². The molecular formula is C23H20N2O2. The van der Waals surface area contributed by atoms with E-state index in [0.717, 1.165) is 39.8 Å². The maximum atomic E-state index is 5.28. The highest BCUT2D eigenvalue weighted by atomic mass is 16.5. The molecule has 3 aromatic carbocycles. The molecule has 1 aromatic heterocycles. The molecule has 4 rings (SSSR count). The first kappa shape index (κ1) is 16.9. The number of methoxy groups -OCH3 is 2. The number of rotatable bonds is 5. The van der Waals surface area contributed by atoms with Gasteiger partial charge in [0.15, 0.2) is 0 Å². The summed E-state index contributed by atoms with van der Waals surface area (Å²) in [6.07, 6.45) is 1.91. The van der Waals surface area contributed by atoms with Crippen LogP contribution < -0.4 is 9.47 Å².